The summed E-state index contributed by atoms with van der Waals surface area (Å²) in [5.74, 6) is 2.66. The van der Waals surface area contributed by atoms with Gasteiger partial charge in [0.2, 0.25) is 0 Å². The van der Waals surface area contributed by atoms with Gasteiger partial charge in [-0.05, 0) is 19.4 Å². The topological polar surface area (TPSA) is 12.5 Å². The van der Waals surface area contributed by atoms with E-state index < -0.39 is 0 Å². The minimum atomic E-state index is 0.898. The molecular weight excluding hydrogens is 150 g/mol. The van der Waals surface area contributed by atoms with Gasteiger partial charge in [0.1, 0.15) is 0 Å². The van der Waals surface area contributed by atoms with Gasteiger partial charge in [-0.25, -0.2) is 0 Å². The lowest BCUT2D eigenvalue weighted by Gasteiger charge is -2.26. The van der Waals surface area contributed by atoms with Crippen LogP contribution in [0.5, 0.6) is 0 Å². The number of nitrogens with zero attached hydrogens (tertiary/aromatic N) is 1. The molecule has 0 N–H and O–H groups in total. The van der Waals surface area contributed by atoms with Gasteiger partial charge in [-0.2, -0.15) is 0 Å². The first-order valence-corrected chi connectivity index (χ1v) is 4.67. The number of unbranched alkanes of at least 4 members (excludes halogenated alkanes) is 2. The van der Waals surface area contributed by atoms with Crippen LogP contribution in [0.2, 0.25) is 0 Å². The molecule has 1 aliphatic rings. The summed E-state index contributed by atoms with van der Waals surface area (Å²) < 4.78 is 5.25. The van der Waals surface area contributed by atoms with Crippen LogP contribution in [-0.2, 0) is 4.74 Å². The lowest BCUT2D eigenvalue weighted by Crippen LogP contribution is -2.36. The molecule has 1 fully saturated rings. The Morgan fingerprint density at radius 1 is 1.25 bits per heavy atom. The highest BCUT2D eigenvalue weighted by Gasteiger charge is 2.08. The van der Waals surface area contributed by atoms with Crippen LogP contribution in [-0.4, -0.2) is 37.7 Å². The normalized spacial score (nSPS) is 18.9. The molecule has 1 saturated heterocycles. The summed E-state index contributed by atoms with van der Waals surface area (Å²) in [7, 11) is 0. The third-order valence-electron chi connectivity index (χ3n) is 2.15. The molecule has 68 valence electrons. The highest BCUT2D eigenvalue weighted by atomic mass is 16.5. The highest BCUT2D eigenvalue weighted by molar-refractivity contribution is 4.83. The summed E-state index contributed by atoms with van der Waals surface area (Å²) in [5.41, 5.74) is 0. The van der Waals surface area contributed by atoms with E-state index in [1.54, 1.807) is 0 Å². The lowest BCUT2D eigenvalue weighted by molar-refractivity contribution is 0.0372. The van der Waals surface area contributed by atoms with Crippen molar-refractivity contribution in [3.8, 4) is 12.3 Å². The molecule has 0 atom stereocenters. The fraction of sp³-hybridized carbons (Fsp3) is 0.800. The Balaban J connectivity index is 1.95. The van der Waals surface area contributed by atoms with Crippen molar-refractivity contribution in [1.82, 2.24) is 4.90 Å². The van der Waals surface area contributed by atoms with Gasteiger partial charge < -0.3 is 4.74 Å². The fourth-order valence-corrected chi connectivity index (χ4v) is 1.39. The van der Waals surface area contributed by atoms with Crippen molar-refractivity contribution in [2.24, 2.45) is 0 Å². The molecule has 2 heteroatoms. The first kappa shape index (κ1) is 9.57. The van der Waals surface area contributed by atoms with Crippen LogP contribution in [0.15, 0.2) is 0 Å². The SMILES string of the molecule is C#CCCCCN1CCOCC1. The maximum Gasteiger partial charge on any atom is 0.0594 e. The van der Waals surface area contributed by atoms with E-state index in [0.29, 0.717) is 0 Å². The largest absolute Gasteiger partial charge is 0.379 e. The van der Waals surface area contributed by atoms with E-state index in [-0.39, 0.29) is 0 Å². The van der Waals surface area contributed by atoms with Gasteiger partial charge in [-0.15, -0.1) is 12.3 Å². The Kier molecular flexibility index (Phi) is 4.82. The van der Waals surface area contributed by atoms with E-state index in [1.807, 2.05) is 0 Å². The molecule has 0 radical (unpaired) electrons. The minimum absolute atomic E-state index is 0.898. The number of rotatable bonds is 4. The third kappa shape index (κ3) is 3.75. The lowest BCUT2D eigenvalue weighted by atomic mass is 10.2. The van der Waals surface area contributed by atoms with Crippen LogP contribution >= 0.6 is 0 Å². The first-order chi connectivity index (χ1) is 5.93. The Labute approximate surface area is 74.9 Å². The predicted molar refractivity (Wildman–Crippen MR) is 49.9 cm³/mol. The van der Waals surface area contributed by atoms with Crippen molar-refractivity contribution in [2.75, 3.05) is 32.8 Å². The quantitative estimate of drug-likeness (QED) is 0.459. The van der Waals surface area contributed by atoms with Crippen molar-refractivity contribution in [2.45, 2.75) is 19.3 Å². The first-order valence-electron chi connectivity index (χ1n) is 4.67. The average Bonchev–Trinajstić information content (AvgIpc) is 2.14. The Bertz CT molecular complexity index is 144. The van der Waals surface area contributed by atoms with Gasteiger partial charge in [-0.3, -0.25) is 4.90 Å². The number of hydrogen-bond acceptors (Lipinski definition) is 2. The summed E-state index contributed by atoms with van der Waals surface area (Å²) in [5, 5.41) is 0. The summed E-state index contributed by atoms with van der Waals surface area (Å²) in [6.45, 7) is 5.17. The second kappa shape index (κ2) is 6.05. The van der Waals surface area contributed by atoms with E-state index in [9.17, 15) is 0 Å². The Hall–Kier alpha value is -0.520. The molecule has 1 heterocycles. The minimum Gasteiger partial charge on any atom is -0.379 e. The number of hydrogen-bond donors (Lipinski definition) is 0. The van der Waals surface area contributed by atoms with E-state index in [0.717, 1.165) is 39.1 Å². The molecular formula is C10H17NO. The third-order valence-corrected chi connectivity index (χ3v) is 2.15. The van der Waals surface area contributed by atoms with Crippen LogP contribution in [0.1, 0.15) is 19.3 Å². The molecule has 0 aromatic heterocycles. The Morgan fingerprint density at radius 3 is 2.67 bits per heavy atom. The van der Waals surface area contributed by atoms with Gasteiger partial charge in [0.15, 0.2) is 0 Å². The summed E-state index contributed by atoms with van der Waals surface area (Å²) in [4.78, 5) is 2.44. The van der Waals surface area contributed by atoms with Crippen molar-refractivity contribution in [3.05, 3.63) is 0 Å². The molecule has 1 rings (SSSR count). The zero-order chi connectivity index (χ0) is 8.65. The molecule has 1 aliphatic heterocycles. The van der Waals surface area contributed by atoms with E-state index in [1.165, 1.54) is 13.0 Å². The summed E-state index contributed by atoms with van der Waals surface area (Å²) in [6.07, 6.45) is 8.47. The molecule has 0 aromatic carbocycles. The number of ether oxygens (including phenoxy) is 1. The molecule has 0 unspecified atom stereocenters. The van der Waals surface area contributed by atoms with Crippen LogP contribution < -0.4 is 0 Å². The van der Waals surface area contributed by atoms with Crippen LogP contribution in [0.25, 0.3) is 0 Å². The molecule has 0 aliphatic carbocycles. The fourth-order valence-electron chi connectivity index (χ4n) is 1.39. The Morgan fingerprint density at radius 2 is 2.00 bits per heavy atom. The number of terminal acetylenes is 1. The molecule has 0 aromatic rings. The standard InChI is InChI=1S/C10H17NO/c1-2-3-4-5-6-11-7-9-12-10-8-11/h1H,3-10H2. The molecule has 12 heavy (non-hydrogen) atoms. The van der Waals surface area contributed by atoms with Gasteiger partial charge in [0.25, 0.3) is 0 Å². The molecule has 0 amide bonds. The van der Waals surface area contributed by atoms with Gasteiger partial charge in [0, 0.05) is 19.5 Å². The van der Waals surface area contributed by atoms with Gasteiger partial charge >= 0.3 is 0 Å². The molecule has 0 saturated carbocycles. The zero-order valence-electron chi connectivity index (χ0n) is 7.59. The maximum absolute atomic E-state index is 5.25. The predicted octanol–water partition coefficient (Wildman–Crippen LogP) is 1.12. The van der Waals surface area contributed by atoms with E-state index >= 15 is 0 Å². The molecule has 0 bridgehead atoms. The van der Waals surface area contributed by atoms with Crippen molar-refractivity contribution in [1.29, 1.82) is 0 Å². The second-order valence-electron chi connectivity index (χ2n) is 3.12. The van der Waals surface area contributed by atoms with Crippen molar-refractivity contribution >= 4 is 0 Å². The highest BCUT2D eigenvalue weighted by Crippen LogP contribution is 2.01. The van der Waals surface area contributed by atoms with Crippen molar-refractivity contribution < 1.29 is 4.74 Å². The maximum atomic E-state index is 5.25. The molecule has 2 nitrogen and oxygen atoms in total. The monoisotopic (exact) mass is 167 g/mol. The van der Waals surface area contributed by atoms with Gasteiger partial charge in [0.05, 0.1) is 13.2 Å². The van der Waals surface area contributed by atoms with E-state index in [2.05, 4.69) is 10.8 Å². The van der Waals surface area contributed by atoms with Crippen LogP contribution in [0, 0.1) is 12.3 Å². The van der Waals surface area contributed by atoms with Crippen LogP contribution in [0.4, 0.5) is 0 Å². The van der Waals surface area contributed by atoms with Crippen molar-refractivity contribution in [3.63, 3.8) is 0 Å². The summed E-state index contributed by atoms with van der Waals surface area (Å²) >= 11 is 0. The van der Waals surface area contributed by atoms with Gasteiger partial charge in [-0.1, -0.05) is 0 Å². The number of morpholine rings is 1. The smallest absolute Gasteiger partial charge is 0.0594 e. The zero-order valence-corrected chi connectivity index (χ0v) is 7.59. The molecule has 0 spiro atoms. The van der Waals surface area contributed by atoms with Crippen LogP contribution in [0.3, 0.4) is 0 Å². The second-order valence-corrected chi connectivity index (χ2v) is 3.12. The average molecular weight is 167 g/mol. The summed E-state index contributed by atoms with van der Waals surface area (Å²) in [6, 6.07) is 0. The van der Waals surface area contributed by atoms with E-state index in [4.69, 9.17) is 11.2 Å².